The normalized spacial score (nSPS) is 11.6. The van der Waals surface area contributed by atoms with Crippen LogP contribution >= 0.6 is 11.3 Å². The van der Waals surface area contributed by atoms with E-state index in [2.05, 4.69) is 41.1 Å². The standard InChI is InChI=1S/C13H21N5S/c1-8-9(2)19-13-11(8)12(14)16-10(17-13)7-18(4)6-5-15-3/h15H,5-7H2,1-4H3,(H2,14,16,17). The number of anilines is 1. The predicted molar refractivity (Wildman–Crippen MR) is 81.6 cm³/mol. The largest absolute Gasteiger partial charge is 0.383 e. The molecule has 0 atom stereocenters. The highest BCUT2D eigenvalue weighted by molar-refractivity contribution is 7.18. The predicted octanol–water partition coefficient (Wildman–Crippen LogP) is 1.54. The summed E-state index contributed by atoms with van der Waals surface area (Å²) in [5, 5.41) is 4.15. The first-order valence-corrected chi connectivity index (χ1v) is 7.19. The Morgan fingerprint density at radius 3 is 2.74 bits per heavy atom. The second-order valence-corrected chi connectivity index (χ2v) is 6.03. The maximum atomic E-state index is 6.07. The van der Waals surface area contributed by atoms with Crippen LogP contribution in [0.5, 0.6) is 0 Å². The van der Waals surface area contributed by atoms with Gasteiger partial charge >= 0.3 is 0 Å². The first kappa shape index (κ1) is 14.2. The van der Waals surface area contributed by atoms with E-state index < -0.39 is 0 Å². The van der Waals surface area contributed by atoms with Gasteiger partial charge in [-0.3, -0.25) is 4.90 Å². The van der Waals surface area contributed by atoms with Gasteiger partial charge in [-0.25, -0.2) is 9.97 Å². The Morgan fingerprint density at radius 2 is 2.05 bits per heavy atom. The fourth-order valence-electron chi connectivity index (χ4n) is 2.02. The molecule has 3 N–H and O–H groups in total. The summed E-state index contributed by atoms with van der Waals surface area (Å²) in [5.41, 5.74) is 7.27. The number of rotatable bonds is 5. The van der Waals surface area contributed by atoms with Gasteiger partial charge in [-0.05, 0) is 33.5 Å². The average molecular weight is 279 g/mol. The molecule has 0 spiro atoms. The maximum Gasteiger partial charge on any atom is 0.146 e. The summed E-state index contributed by atoms with van der Waals surface area (Å²) in [6.07, 6.45) is 0. The molecule has 0 aromatic carbocycles. The molecule has 0 aliphatic carbocycles. The van der Waals surface area contributed by atoms with Crippen molar-refractivity contribution >= 4 is 27.4 Å². The van der Waals surface area contributed by atoms with Gasteiger partial charge in [0.05, 0.1) is 11.9 Å². The summed E-state index contributed by atoms with van der Waals surface area (Å²) in [6.45, 7) is 6.80. The SMILES string of the molecule is CNCCN(C)Cc1nc(N)c2c(C)c(C)sc2n1. The molecule has 0 bridgehead atoms. The van der Waals surface area contributed by atoms with Gasteiger partial charge in [0.2, 0.25) is 0 Å². The minimum absolute atomic E-state index is 0.601. The summed E-state index contributed by atoms with van der Waals surface area (Å²) in [4.78, 5) is 13.5. The Morgan fingerprint density at radius 1 is 1.32 bits per heavy atom. The summed E-state index contributed by atoms with van der Waals surface area (Å²) < 4.78 is 0. The Balaban J connectivity index is 2.26. The quantitative estimate of drug-likeness (QED) is 0.869. The molecule has 0 fully saturated rings. The van der Waals surface area contributed by atoms with Crippen LogP contribution in [0.3, 0.4) is 0 Å². The van der Waals surface area contributed by atoms with Crippen LogP contribution in [0.1, 0.15) is 16.3 Å². The van der Waals surface area contributed by atoms with E-state index in [0.717, 1.165) is 35.7 Å². The van der Waals surface area contributed by atoms with E-state index in [9.17, 15) is 0 Å². The molecule has 0 saturated heterocycles. The molecule has 0 radical (unpaired) electrons. The molecule has 104 valence electrons. The Bertz CT molecular complexity index is 578. The molecule has 5 nitrogen and oxygen atoms in total. The van der Waals surface area contributed by atoms with E-state index in [4.69, 9.17) is 5.73 Å². The van der Waals surface area contributed by atoms with Crippen molar-refractivity contribution in [3.63, 3.8) is 0 Å². The lowest BCUT2D eigenvalue weighted by molar-refractivity contribution is 0.320. The summed E-state index contributed by atoms with van der Waals surface area (Å²) in [5.74, 6) is 1.40. The number of nitrogen functional groups attached to an aromatic ring is 1. The smallest absolute Gasteiger partial charge is 0.146 e. The highest BCUT2D eigenvalue weighted by atomic mass is 32.1. The molecule has 2 rings (SSSR count). The number of nitrogens with two attached hydrogens (primary N) is 1. The third-order valence-electron chi connectivity index (χ3n) is 3.26. The van der Waals surface area contributed by atoms with Crippen molar-refractivity contribution in [2.24, 2.45) is 0 Å². The fourth-order valence-corrected chi connectivity index (χ4v) is 3.08. The Kier molecular flexibility index (Phi) is 4.34. The molecule has 2 aromatic heterocycles. The third kappa shape index (κ3) is 3.02. The van der Waals surface area contributed by atoms with Crippen molar-refractivity contribution in [1.82, 2.24) is 20.2 Å². The number of fused-ring (bicyclic) bond motifs is 1. The fraction of sp³-hybridized carbons (Fsp3) is 0.538. The molecule has 0 saturated carbocycles. The van der Waals surface area contributed by atoms with Crippen LogP contribution in [0, 0.1) is 13.8 Å². The van der Waals surface area contributed by atoms with Gasteiger partial charge in [-0.2, -0.15) is 0 Å². The lowest BCUT2D eigenvalue weighted by Crippen LogP contribution is -2.27. The van der Waals surface area contributed by atoms with Crippen molar-refractivity contribution < 1.29 is 0 Å². The summed E-state index contributed by atoms with van der Waals surface area (Å²) >= 11 is 1.69. The molecular weight excluding hydrogens is 258 g/mol. The zero-order valence-electron chi connectivity index (χ0n) is 11.9. The highest BCUT2D eigenvalue weighted by Crippen LogP contribution is 2.31. The molecule has 2 aromatic rings. The number of aryl methyl sites for hydroxylation is 2. The van der Waals surface area contributed by atoms with E-state index in [1.807, 2.05) is 7.05 Å². The van der Waals surface area contributed by atoms with E-state index in [0.29, 0.717) is 5.82 Å². The van der Waals surface area contributed by atoms with Gasteiger partial charge < -0.3 is 11.1 Å². The number of hydrogen-bond acceptors (Lipinski definition) is 6. The van der Waals surface area contributed by atoms with Crippen molar-refractivity contribution in [2.75, 3.05) is 32.9 Å². The number of nitrogens with one attached hydrogen (secondary N) is 1. The second kappa shape index (κ2) is 5.81. The van der Waals surface area contributed by atoms with Gasteiger partial charge in [0.1, 0.15) is 16.5 Å². The van der Waals surface area contributed by atoms with Crippen molar-refractivity contribution in [3.05, 3.63) is 16.3 Å². The molecule has 0 aliphatic heterocycles. The van der Waals surface area contributed by atoms with Gasteiger partial charge in [-0.15, -0.1) is 11.3 Å². The Hall–Kier alpha value is -1.24. The molecule has 2 heterocycles. The molecule has 19 heavy (non-hydrogen) atoms. The zero-order valence-corrected chi connectivity index (χ0v) is 12.8. The van der Waals surface area contributed by atoms with Crippen molar-refractivity contribution in [2.45, 2.75) is 20.4 Å². The number of aromatic nitrogens is 2. The molecular formula is C13H21N5S. The zero-order chi connectivity index (χ0) is 14.0. The lowest BCUT2D eigenvalue weighted by Gasteiger charge is -2.15. The first-order valence-electron chi connectivity index (χ1n) is 6.38. The molecule has 0 amide bonds. The number of hydrogen-bond donors (Lipinski definition) is 2. The minimum Gasteiger partial charge on any atom is -0.383 e. The number of likely N-dealkylation sites (N-methyl/N-ethyl adjacent to an activating group) is 2. The van der Waals surface area contributed by atoms with Crippen LogP contribution in [0.15, 0.2) is 0 Å². The topological polar surface area (TPSA) is 67.1 Å². The van der Waals surface area contributed by atoms with Crippen LogP contribution in [0.25, 0.3) is 10.2 Å². The monoisotopic (exact) mass is 279 g/mol. The van der Waals surface area contributed by atoms with Gasteiger partial charge in [-0.1, -0.05) is 0 Å². The van der Waals surface area contributed by atoms with Crippen LogP contribution < -0.4 is 11.1 Å². The molecule has 0 unspecified atom stereocenters. The van der Waals surface area contributed by atoms with E-state index in [1.165, 1.54) is 10.4 Å². The van der Waals surface area contributed by atoms with Crippen LogP contribution in [-0.2, 0) is 6.54 Å². The summed E-state index contributed by atoms with van der Waals surface area (Å²) in [7, 11) is 4.01. The van der Waals surface area contributed by atoms with Crippen LogP contribution in [-0.4, -0.2) is 42.1 Å². The third-order valence-corrected chi connectivity index (χ3v) is 4.36. The van der Waals surface area contributed by atoms with Gasteiger partial charge in [0, 0.05) is 18.0 Å². The number of thiophene rings is 1. The summed E-state index contributed by atoms with van der Waals surface area (Å²) in [6, 6.07) is 0. The maximum absolute atomic E-state index is 6.07. The van der Waals surface area contributed by atoms with Crippen LogP contribution in [0.4, 0.5) is 5.82 Å². The molecule has 0 aliphatic rings. The van der Waals surface area contributed by atoms with E-state index in [-0.39, 0.29) is 0 Å². The lowest BCUT2D eigenvalue weighted by atomic mass is 10.2. The second-order valence-electron chi connectivity index (χ2n) is 4.83. The minimum atomic E-state index is 0.601. The van der Waals surface area contributed by atoms with E-state index in [1.54, 1.807) is 11.3 Å². The van der Waals surface area contributed by atoms with Crippen molar-refractivity contribution in [1.29, 1.82) is 0 Å². The highest BCUT2D eigenvalue weighted by Gasteiger charge is 2.13. The molecule has 6 heteroatoms. The van der Waals surface area contributed by atoms with Gasteiger partial charge in [0.15, 0.2) is 0 Å². The van der Waals surface area contributed by atoms with E-state index >= 15 is 0 Å². The average Bonchev–Trinajstić information content (AvgIpc) is 2.62. The first-order chi connectivity index (χ1) is 9.02. The van der Waals surface area contributed by atoms with Crippen LogP contribution in [0.2, 0.25) is 0 Å². The Labute approximate surface area is 117 Å². The van der Waals surface area contributed by atoms with Gasteiger partial charge in [0.25, 0.3) is 0 Å². The number of nitrogens with zero attached hydrogens (tertiary/aromatic N) is 3. The van der Waals surface area contributed by atoms with Crippen molar-refractivity contribution in [3.8, 4) is 0 Å².